The van der Waals surface area contributed by atoms with Gasteiger partial charge >= 0.3 is 0 Å². The molecule has 1 fully saturated rings. The van der Waals surface area contributed by atoms with Crippen LogP contribution in [0.1, 0.15) is 6.42 Å². The summed E-state index contributed by atoms with van der Waals surface area (Å²) in [5, 5.41) is 0. The highest BCUT2D eigenvalue weighted by Gasteiger charge is 2.18. The highest BCUT2D eigenvalue weighted by molar-refractivity contribution is 7.98. The lowest BCUT2D eigenvalue weighted by Gasteiger charge is -2.22. The van der Waals surface area contributed by atoms with Gasteiger partial charge in [-0.3, -0.25) is 4.90 Å². The standard InChI is InChI=1S/C11H19NOS/c1-3-5-12(6-8-14-2)9-11-4-7-13-10-11/h1,11H,4-10H2,2H3. The Morgan fingerprint density at radius 2 is 2.50 bits per heavy atom. The van der Waals surface area contributed by atoms with Crippen molar-refractivity contribution in [2.75, 3.05) is 44.9 Å². The topological polar surface area (TPSA) is 12.5 Å². The van der Waals surface area contributed by atoms with E-state index in [0.29, 0.717) is 5.92 Å². The number of ether oxygens (including phenoxy) is 1. The summed E-state index contributed by atoms with van der Waals surface area (Å²) in [4.78, 5) is 2.36. The van der Waals surface area contributed by atoms with E-state index in [4.69, 9.17) is 11.2 Å². The molecule has 3 heteroatoms. The Labute approximate surface area is 91.4 Å². The van der Waals surface area contributed by atoms with Gasteiger partial charge in [0.1, 0.15) is 0 Å². The van der Waals surface area contributed by atoms with Crippen LogP contribution in [0.3, 0.4) is 0 Å². The Kier molecular flexibility index (Phi) is 6.09. The van der Waals surface area contributed by atoms with Crippen molar-refractivity contribution in [3.05, 3.63) is 0 Å². The van der Waals surface area contributed by atoms with Crippen LogP contribution in [-0.2, 0) is 4.74 Å². The summed E-state index contributed by atoms with van der Waals surface area (Å²) >= 11 is 1.87. The summed E-state index contributed by atoms with van der Waals surface area (Å²) in [6.07, 6.45) is 8.67. The van der Waals surface area contributed by atoms with E-state index in [1.807, 2.05) is 11.8 Å². The average molecular weight is 213 g/mol. The van der Waals surface area contributed by atoms with Crippen LogP contribution in [0.2, 0.25) is 0 Å². The maximum absolute atomic E-state index is 5.36. The zero-order valence-electron chi connectivity index (χ0n) is 8.87. The van der Waals surface area contributed by atoms with E-state index in [1.165, 1.54) is 6.42 Å². The Balaban J connectivity index is 2.22. The minimum atomic E-state index is 0.699. The predicted octanol–water partition coefficient (Wildman–Crippen LogP) is 1.32. The van der Waals surface area contributed by atoms with Crippen LogP contribution in [0.5, 0.6) is 0 Å². The van der Waals surface area contributed by atoms with E-state index in [1.54, 1.807) is 0 Å². The van der Waals surface area contributed by atoms with E-state index >= 15 is 0 Å². The minimum Gasteiger partial charge on any atom is -0.381 e. The van der Waals surface area contributed by atoms with Crippen molar-refractivity contribution in [1.82, 2.24) is 4.90 Å². The van der Waals surface area contributed by atoms with Gasteiger partial charge in [0.25, 0.3) is 0 Å². The fourth-order valence-corrected chi connectivity index (χ4v) is 2.12. The lowest BCUT2D eigenvalue weighted by molar-refractivity contribution is 0.173. The first-order valence-electron chi connectivity index (χ1n) is 5.09. The zero-order chi connectivity index (χ0) is 10.2. The van der Waals surface area contributed by atoms with Gasteiger partial charge in [-0.25, -0.2) is 0 Å². The second kappa shape index (κ2) is 7.17. The second-order valence-electron chi connectivity index (χ2n) is 3.66. The van der Waals surface area contributed by atoms with E-state index in [9.17, 15) is 0 Å². The van der Waals surface area contributed by atoms with E-state index in [0.717, 1.165) is 38.6 Å². The van der Waals surface area contributed by atoms with Crippen LogP contribution in [0, 0.1) is 18.3 Å². The normalized spacial score (nSPS) is 21.4. The number of hydrogen-bond acceptors (Lipinski definition) is 3. The van der Waals surface area contributed by atoms with Crippen molar-refractivity contribution >= 4 is 11.8 Å². The predicted molar refractivity (Wildman–Crippen MR) is 62.6 cm³/mol. The van der Waals surface area contributed by atoms with Crippen LogP contribution in [0.25, 0.3) is 0 Å². The lowest BCUT2D eigenvalue weighted by atomic mass is 10.1. The molecule has 1 unspecified atom stereocenters. The van der Waals surface area contributed by atoms with Crippen molar-refractivity contribution in [2.24, 2.45) is 5.92 Å². The van der Waals surface area contributed by atoms with Crippen molar-refractivity contribution in [3.8, 4) is 12.3 Å². The Bertz CT molecular complexity index is 184. The molecule has 0 saturated carbocycles. The van der Waals surface area contributed by atoms with Crippen molar-refractivity contribution < 1.29 is 4.74 Å². The summed E-state index contributed by atoms with van der Waals surface area (Å²) in [5.41, 5.74) is 0. The quantitative estimate of drug-likeness (QED) is 0.618. The van der Waals surface area contributed by atoms with Gasteiger partial charge in [-0.2, -0.15) is 11.8 Å². The lowest BCUT2D eigenvalue weighted by Crippen LogP contribution is -2.32. The molecule has 14 heavy (non-hydrogen) atoms. The monoisotopic (exact) mass is 213 g/mol. The molecule has 2 nitrogen and oxygen atoms in total. The minimum absolute atomic E-state index is 0.699. The van der Waals surface area contributed by atoms with Crippen molar-refractivity contribution in [2.45, 2.75) is 6.42 Å². The van der Waals surface area contributed by atoms with Crippen LogP contribution >= 0.6 is 11.8 Å². The molecule has 0 radical (unpaired) electrons. The zero-order valence-corrected chi connectivity index (χ0v) is 9.68. The third-order valence-corrected chi connectivity index (χ3v) is 3.06. The van der Waals surface area contributed by atoms with Gasteiger partial charge in [0, 0.05) is 25.4 Å². The van der Waals surface area contributed by atoms with Crippen LogP contribution in [0.4, 0.5) is 0 Å². The Hall–Kier alpha value is -0.170. The second-order valence-corrected chi connectivity index (χ2v) is 4.65. The average Bonchev–Trinajstić information content (AvgIpc) is 2.67. The Morgan fingerprint density at radius 1 is 1.64 bits per heavy atom. The molecule has 1 aliphatic rings. The number of nitrogens with zero attached hydrogens (tertiary/aromatic N) is 1. The van der Waals surface area contributed by atoms with Crippen LogP contribution in [0.15, 0.2) is 0 Å². The summed E-state index contributed by atoms with van der Waals surface area (Å²) in [7, 11) is 0. The molecule has 0 aliphatic carbocycles. The first kappa shape index (κ1) is 11.9. The molecule has 80 valence electrons. The van der Waals surface area contributed by atoms with E-state index in [-0.39, 0.29) is 0 Å². The number of thioether (sulfide) groups is 1. The number of hydrogen-bond donors (Lipinski definition) is 0. The van der Waals surface area contributed by atoms with Gasteiger partial charge in [-0.1, -0.05) is 5.92 Å². The number of terminal acetylenes is 1. The van der Waals surface area contributed by atoms with E-state index < -0.39 is 0 Å². The molecular weight excluding hydrogens is 194 g/mol. The molecule has 0 aromatic rings. The van der Waals surface area contributed by atoms with Gasteiger partial charge in [0.15, 0.2) is 0 Å². The van der Waals surface area contributed by atoms with Crippen molar-refractivity contribution in [1.29, 1.82) is 0 Å². The van der Waals surface area contributed by atoms with Gasteiger partial charge in [-0.15, -0.1) is 6.42 Å². The largest absolute Gasteiger partial charge is 0.381 e. The SMILES string of the molecule is C#CCN(CCSC)CC1CCOC1. The molecule has 1 aliphatic heterocycles. The highest BCUT2D eigenvalue weighted by atomic mass is 32.2. The smallest absolute Gasteiger partial charge is 0.0599 e. The summed E-state index contributed by atoms with van der Waals surface area (Å²) in [6.45, 7) is 4.82. The van der Waals surface area contributed by atoms with Crippen molar-refractivity contribution in [3.63, 3.8) is 0 Å². The van der Waals surface area contributed by atoms with Crippen LogP contribution in [-0.4, -0.2) is 49.8 Å². The fourth-order valence-electron chi connectivity index (χ4n) is 1.68. The first-order valence-corrected chi connectivity index (χ1v) is 6.48. The van der Waals surface area contributed by atoms with E-state index in [2.05, 4.69) is 17.1 Å². The molecule has 0 N–H and O–H groups in total. The maximum Gasteiger partial charge on any atom is 0.0599 e. The molecular formula is C11H19NOS. The summed E-state index contributed by atoms with van der Waals surface area (Å²) in [6, 6.07) is 0. The molecule has 0 amide bonds. The summed E-state index contributed by atoms with van der Waals surface area (Å²) < 4.78 is 5.36. The third-order valence-electron chi connectivity index (χ3n) is 2.47. The third kappa shape index (κ3) is 4.36. The molecule has 0 spiro atoms. The molecule has 0 bridgehead atoms. The molecule has 1 saturated heterocycles. The molecule has 0 aromatic heterocycles. The fraction of sp³-hybridized carbons (Fsp3) is 0.818. The molecule has 1 atom stereocenters. The summed E-state index contributed by atoms with van der Waals surface area (Å²) in [5.74, 6) is 4.59. The highest BCUT2D eigenvalue weighted by Crippen LogP contribution is 2.13. The van der Waals surface area contributed by atoms with Gasteiger partial charge in [-0.05, 0) is 18.6 Å². The van der Waals surface area contributed by atoms with Gasteiger partial charge < -0.3 is 4.74 Å². The number of rotatable bonds is 6. The molecule has 1 rings (SSSR count). The maximum atomic E-state index is 5.36. The van der Waals surface area contributed by atoms with Crippen LogP contribution < -0.4 is 0 Å². The first-order chi connectivity index (χ1) is 6.86. The van der Waals surface area contributed by atoms with Gasteiger partial charge in [0.2, 0.25) is 0 Å². The molecule has 1 heterocycles. The molecule has 0 aromatic carbocycles. The van der Waals surface area contributed by atoms with Gasteiger partial charge in [0.05, 0.1) is 13.2 Å². The Morgan fingerprint density at radius 3 is 3.07 bits per heavy atom.